The second-order valence-corrected chi connectivity index (χ2v) is 23.1. The molecule has 3 nitrogen and oxygen atoms in total. The van der Waals surface area contributed by atoms with Crippen LogP contribution in [0.15, 0.2) is 12.2 Å². The van der Waals surface area contributed by atoms with Crippen LogP contribution >= 0.6 is 0 Å². The van der Waals surface area contributed by atoms with Crippen molar-refractivity contribution in [3.63, 3.8) is 0 Å². The van der Waals surface area contributed by atoms with Crippen molar-refractivity contribution in [2.45, 2.75) is 129 Å². The Morgan fingerprint density at radius 1 is 1.09 bits per heavy atom. The Labute approximate surface area is 215 Å². The maximum Gasteiger partial charge on any atom is 0.192 e. The number of carbonyl (C=O) groups is 1. The van der Waals surface area contributed by atoms with E-state index in [4.69, 9.17) is 11.6 Å². The van der Waals surface area contributed by atoms with E-state index >= 15 is 0 Å². The smallest absolute Gasteiger partial charge is 0.192 e. The molecule has 2 aliphatic rings. The molecule has 0 saturated heterocycles. The fourth-order valence-electron chi connectivity index (χ4n) is 4.68. The molecule has 5 heteroatoms. The van der Waals surface area contributed by atoms with Crippen molar-refractivity contribution in [2.24, 2.45) is 23.7 Å². The van der Waals surface area contributed by atoms with Crippen LogP contribution in [0.4, 0.5) is 0 Å². The Bertz CT molecular complexity index is 887. The normalized spacial score (nSPS) is 29.4. The summed E-state index contributed by atoms with van der Waals surface area (Å²) in [7, 11) is -4.15. The first kappa shape index (κ1) is 26.4. The van der Waals surface area contributed by atoms with Gasteiger partial charge in [-0.15, -0.1) is 11.8 Å². The molecule has 0 heterocycles. The van der Waals surface area contributed by atoms with E-state index in [-0.39, 0.29) is 22.1 Å². The van der Waals surface area contributed by atoms with E-state index in [0.717, 1.165) is 6.42 Å². The van der Waals surface area contributed by atoms with Gasteiger partial charge in [0.25, 0.3) is 0 Å². The molecule has 0 aliphatic heterocycles. The lowest BCUT2D eigenvalue weighted by Gasteiger charge is -2.41. The van der Waals surface area contributed by atoms with Gasteiger partial charge in [-0.05, 0) is 67.4 Å². The van der Waals surface area contributed by atoms with Crippen molar-refractivity contribution in [3.8, 4) is 11.8 Å². The maximum atomic E-state index is 12.4. The quantitative estimate of drug-likeness (QED) is 0.190. The molecule has 2 aliphatic carbocycles. The van der Waals surface area contributed by atoms with E-state index in [1.165, 1.54) is 0 Å². The molecule has 2 saturated carbocycles. The molecular weight excluding hydrogens is 452 g/mol. The largest absolute Gasteiger partial charge is 0.413 e. The number of carbonyl (C=O) groups excluding carboxylic acids is 1. The average molecular weight is 507 g/mol. The van der Waals surface area contributed by atoms with Crippen LogP contribution in [0.1, 0.15) is 83.8 Å². The van der Waals surface area contributed by atoms with E-state index < -0.39 is 35.0 Å². The lowest BCUT2D eigenvalue weighted by molar-refractivity contribution is -0.118. The molecule has 0 radical (unpaired) electrons. The molecular formula is C29H52O3Si2. The zero-order valence-electron chi connectivity index (χ0n) is 26.0. The van der Waals surface area contributed by atoms with Gasteiger partial charge >= 0.3 is 0 Å². The summed E-state index contributed by atoms with van der Waals surface area (Å²) in [6, 6.07) is 0. The van der Waals surface area contributed by atoms with Gasteiger partial charge in [0, 0.05) is 27.9 Å². The molecule has 0 N–H and O–H groups in total. The van der Waals surface area contributed by atoms with E-state index in [1.807, 2.05) is 6.92 Å². The second-order valence-electron chi connectivity index (χ2n) is 13.6. The van der Waals surface area contributed by atoms with Gasteiger partial charge in [-0.25, -0.2) is 0 Å². The van der Waals surface area contributed by atoms with Gasteiger partial charge < -0.3 is 8.85 Å². The van der Waals surface area contributed by atoms with Crippen LogP contribution in [0.2, 0.25) is 36.3 Å². The van der Waals surface area contributed by atoms with Crippen molar-refractivity contribution >= 4 is 22.4 Å². The van der Waals surface area contributed by atoms with E-state index in [9.17, 15) is 4.79 Å². The van der Waals surface area contributed by atoms with Crippen LogP contribution in [-0.4, -0.2) is 34.6 Å². The molecule has 2 rings (SSSR count). The lowest BCUT2D eigenvalue weighted by Crippen LogP contribution is -2.45. The Hall–Kier alpha value is -0.676. The number of Topliss-reactive ketones (excluding diaryl/α,β-unsaturated/α-hetero) is 1. The molecule has 0 amide bonds. The van der Waals surface area contributed by atoms with Gasteiger partial charge in [-0.1, -0.05) is 60.6 Å². The maximum absolute atomic E-state index is 12.4. The van der Waals surface area contributed by atoms with E-state index in [0.29, 0.717) is 30.5 Å². The topological polar surface area (TPSA) is 35.5 Å². The summed E-state index contributed by atoms with van der Waals surface area (Å²) in [5.41, 5.74) is 0. The highest BCUT2D eigenvalue weighted by atomic mass is 28.4. The molecule has 0 aromatic rings. The van der Waals surface area contributed by atoms with Crippen LogP contribution in [0, 0.1) is 35.5 Å². The minimum Gasteiger partial charge on any atom is -0.413 e. The standard InChI is InChI=1S/C29H52O3Si2/c1-13-14-15-21(2)26(31-33(9,10)28(3,4)5)17-16-24-25-20-23(30)18-22(25)19-27(24)32-34(11,12)29(6,7)8/h16-17,21-22,24-27H,15,18-20H2,1-12H3/t21?,22-,24+,25-,26+,27+/m0/s1/i15D2. The van der Waals surface area contributed by atoms with Crippen molar-refractivity contribution in [3.05, 3.63) is 12.2 Å². The fourth-order valence-corrected chi connectivity index (χ4v) is 7.36. The highest BCUT2D eigenvalue weighted by Gasteiger charge is 2.50. The lowest BCUT2D eigenvalue weighted by atomic mass is 9.89. The first-order chi connectivity index (χ1) is 16.1. The summed E-state index contributed by atoms with van der Waals surface area (Å²) in [4.78, 5) is 12.4. The predicted molar refractivity (Wildman–Crippen MR) is 150 cm³/mol. The van der Waals surface area contributed by atoms with Gasteiger partial charge in [-0.2, -0.15) is 0 Å². The Morgan fingerprint density at radius 2 is 1.68 bits per heavy atom. The average Bonchev–Trinajstić information content (AvgIpc) is 3.17. The summed E-state index contributed by atoms with van der Waals surface area (Å²) in [5.74, 6) is 6.32. The highest BCUT2D eigenvalue weighted by Crippen LogP contribution is 2.50. The molecule has 1 unspecified atom stereocenters. The fraction of sp³-hybridized carbons (Fsp3) is 0.828. The summed E-state index contributed by atoms with van der Waals surface area (Å²) < 4.78 is 31.0. The van der Waals surface area contributed by atoms with Crippen LogP contribution in [0.25, 0.3) is 0 Å². The number of hydrogen-bond donors (Lipinski definition) is 0. The summed E-state index contributed by atoms with van der Waals surface area (Å²) in [6.45, 7) is 26.1. The van der Waals surface area contributed by atoms with Crippen molar-refractivity contribution in [1.29, 1.82) is 0 Å². The first-order valence-electron chi connectivity index (χ1n) is 14.1. The molecule has 0 aromatic heterocycles. The highest BCUT2D eigenvalue weighted by molar-refractivity contribution is 6.74. The number of rotatable bonds is 8. The first-order valence-corrected chi connectivity index (χ1v) is 18.9. The Kier molecular flexibility index (Phi) is 8.34. The molecule has 6 atom stereocenters. The summed E-state index contributed by atoms with van der Waals surface area (Å²) in [6.07, 6.45) is 4.59. The van der Waals surface area contributed by atoms with Crippen LogP contribution in [0.5, 0.6) is 0 Å². The zero-order chi connectivity index (χ0) is 27.9. The minimum absolute atomic E-state index is 0.00621. The molecule has 194 valence electrons. The third-order valence-corrected chi connectivity index (χ3v) is 17.9. The predicted octanol–water partition coefficient (Wildman–Crippen LogP) is 7.99. The summed E-state index contributed by atoms with van der Waals surface area (Å²) >= 11 is 0. The number of ketones is 1. The minimum atomic E-state index is -2.17. The van der Waals surface area contributed by atoms with Gasteiger partial charge in [0.1, 0.15) is 5.78 Å². The van der Waals surface area contributed by atoms with Crippen LogP contribution in [-0.2, 0) is 13.6 Å². The van der Waals surface area contributed by atoms with Gasteiger partial charge in [0.15, 0.2) is 16.6 Å². The molecule has 0 bridgehead atoms. The van der Waals surface area contributed by atoms with E-state index in [1.54, 1.807) is 6.92 Å². The Balaban J connectivity index is 2.44. The van der Waals surface area contributed by atoms with Gasteiger partial charge in [-0.3, -0.25) is 4.79 Å². The second kappa shape index (κ2) is 10.7. The molecule has 2 fully saturated rings. The monoisotopic (exact) mass is 506 g/mol. The molecule has 0 aromatic carbocycles. The molecule has 34 heavy (non-hydrogen) atoms. The zero-order valence-corrected chi connectivity index (χ0v) is 26.0. The third-order valence-electron chi connectivity index (χ3n) is 8.95. The summed E-state index contributed by atoms with van der Waals surface area (Å²) in [5, 5.41) is 0.123. The van der Waals surface area contributed by atoms with Crippen molar-refractivity contribution in [1.82, 2.24) is 0 Å². The van der Waals surface area contributed by atoms with Crippen molar-refractivity contribution in [2.75, 3.05) is 0 Å². The molecule has 0 spiro atoms. The van der Waals surface area contributed by atoms with E-state index in [2.05, 4.69) is 91.7 Å². The van der Waals surface area contributed by atoms with Crippen LogP contribution in [0.3, 0.4) is 0 Å². The third kappa shape index (κ3) is 6.96. The van der Waals surface area contributed by atoms with Gasteiger partial charge in [0.2, 0.25) is 0 Å². The van der Waals surface area contributed by atoms with Crippen molar-refractivity contribution < 1.29 is 16.4 Å². The SMILES string of the molecule is [2H]C([2H])(C#CC)C(C)[C@@H](C=C[C@@H]1[C@H]2CC(=O)C[C@H]2C[C@H]1O[Si](C)(C)C(C)(C)C)O[Si](C)(C)C(C)(C)C. The number of fused-ring (bicyclic) bond motifs is 1. The Morgan fingerprint density at radius 3 is 2.21 bits per heavy atom. The number of hydrogen-bond acceptors (Lipinski definition) is 3. The van der Waals surface area contributed by atoms with Crippen LogP contribution < -0.4 is 0 Å². The van der Waals surface area contributed by atoms with Gasteiger partial charge in [0.05, 0.1) is 12.2 Å².